The predicted molar refractivity (Wildman–Crippen MR) is 468 cm³/mol. The molecule has 8 aromatic heterocycles. The number of hydrogen-bond acceptors (Lipinski definition) is 26. The molecule has 36 nitrogen and oxygen atoms in total. The number of nitrogens with zero attached hydrogens (tertiary/aromatic N) is 18. The van der Waals surface area contributed by atoms with Gasteiger partial charge in [0.15, 0.2) is 28.5 Å². The maximum atomic E-state index is 12.6. The van der Waals surface area contributed by atoms with Gasteiger partial charge in [0.25, 0.3) is 0 Å². The van der Waals surface area contributed by atoms with Crippen LogP contribution in [-0.2, 0) is 24.0 Å². The number of allylic oxidation sites excluding steroid dienone is 10. The summed E-state index contributed by atoms with van der Waals surface area (Å²) in [6.07, 6.45) is 16.8. The van der Waals surface area contributed by atoms with Gasteiger partial charge in [0.1, 0.15) is 103 Å². The molecule has 0 spiro atoms. The molecule has 7 atom stereocenters. The zero-order valence-corrected chi connectivity index (χ0v) is 71.1. The fourth-order valence-corrected chi connectivity index (χ4v) is 19.2. The van der Waals surface area contributed by atoms with Gasteiger partial charge in [-0.15, -0.1) is 0 Å². The Morgan fingerprint density at radius 1 is 0.398 bits per heavy atom. The molecule has 0 bridgehead atoms. The van der Waals surface area contributed by atoms with Crippen LogP contribution in [0.5, 0.6) is 0 Å². The van der Waals surface area contributed by atoms with Crippen LogP contribution in [0.4, 0.5) is 29.1 Å². The fourth-order valence-electron chi connectivity index (χ4n) is 18.0. The lowest BCUT2D eigenvalue weighted by Gasteiger charge is -2.32. The lowest BCUT2D eigenvalue weighted by atomic mass is 9.79. The van der Waals surface area contributed by atoms with Crippen LogP contribution in [0.25, 0.3) is 57.3 Å². The lowest BCUT2D eigenvalue weighted by Crippen LogP contribution is -2.29. The van der Waals surface area contributed by atoms with Gasteiger partial charge in [-0.2, -0.15) is 36.0 Å². The van der Waals surface area contributed by atoms with Crippen molar-refractivity contribution < 1.29 is 37.9 Å². The van der Waals surface area contributed by atoms with Crippen LogP contribution in [0.3, 0.4) is 0 Å². The molecule has 0 amide bonds. The van der Waals surface area contributed by atoms with E-state index in [0.29, 0.717) is 159 Å². The van der Waals surface area contributed by atoms with E-state index in [0.717, 1.165) is 112 Å². The minimum Gasteiger partial charge on any atom is -0.354 e. The number of nitriles is 2. The number of aromatic nitrogens is 16. The number of ketones is 5. The Morgan fingerprint density at radius 2 is 0.719 bits per heavy atom. The van der Waals surface area contributed by atoms with E-state index in [9.17, 15) is 34.5 Å². The first kappa shape index (κ1) is 84.0. The number of fused-ring (bicyclic) bond motifs is 8. The molecule has 0 saturated heterocycles. The Labute approximate surface area is 743 Å². The van der Waals surface area contributed by atoms with Crippen molar-refractivity contribution in [3.05, 3.63) is 312 Å². The van der Waals surface area contributed by atoms with Crippen LogP contribution in [-0.4, -0.2) is 111 Å². The van der Waals surface area contributed by atoms with Crippen molar-refractivity contribution in [3.8, 4) is 12.1 Å². The number of aromatic amines is 5. The first-order valence-corrected chi connectivity index (χ1v) is 42.2. The van der Waals surface area contributed by atoms with E-state index >= 15 is 0 Å². The van der Waals surface area contributed by atoms with Gasteiger partial charge in [-0.25, -0.2) is 38.1 Å². The number of halogens is 2. The minimum absolute atomic E-state index is 0.0262. The summed E-state index contributed by atoms with van der Waals surface area (Å²) in [5, 5.41) is 93.7. The second-order valence-corrected chi connectivity index (χ2v) is 32.9. The molecular formula is C90H70Br2N28O8. The van der Waals surface area contributed by atoms with E-state index in [1.54, 1.807) is 55.2 Å². The number of H-pyrrole nitrogens is 5. The average molecular weight is 1830 g/mol. The molecule has 10 N–H and O–H groups in total. The molecule has 13 aromatic rings. The van der Waals surface area contributed by atoms with Crippen molar-refractivity contribution in [2.45, 2.75) is 127 Å². The highest BCUT2D eigenvalue weighted by Crippen LogP contribution is 2.53. The Kier molecular flexibility index (Phi) is 23.8. The number of nitrogens with one attached hydrogen (secondary N) is 10. The SMILES string of the molecule is [C-]#[N+]C1=C(C2CCC(=O)CC2)Nc2[nH]ncc2C1c1cccc2nonc12.[C-]#[N+]C1=C(C2CCCC2=O)Nc2[nH]ncc2C1c1cccc2nonc12.[C-]#[N+]C1=C(C2CCCCC2=O)Nc2[nH]ncc2C1c1cccc(C#N)c1Br.[C-]#[N+]C1=C(CC(C)=O)Nc2[nH]ncc2C1c1cccc(C#N)c1Br.[C-]#[N+]C1=C(CC(C)=O)Nc2[nH]ncc2C1c1cccc2nonc12. The lowest BCUT2D eigenvalue weighted by molar-refractivity contribution is -0.123. The van der Waals surface area contributed by atoms with Crippen LogP contribution in [0.2, 0.25) is 0 Å². The van der Waals surface area contributed by atoms with Gasteiger partial charge in [0.05, 0.1) is 105 Å². The van der Waals surface area contributed by atoms with Crippen LogP contribution < -0.4 is 26.6 Å². The van der Waals surface area contributed by atoms with Gasteiger partial charge < -0.3 is 26.6 Å². The number of Topliss-reactive ketones (excluding diaryl/α,β-unsaturated/α-hetero) is 5. The van der Waals surface area contributed by atoms with Gasteiger partial charge in [-0.3, -0.25) is 49.5 Å². The number of rotatable bonds is 12. The second-order valence-electron chi connectivity index (χ2n) is 31.3. The van der Waals surface area contributed by atoms with Crippen molar-refractivity contribution >= 4 is 123 Å². The summed E-state index contributed by atoms with van der Waals surface area (Å²) in [5.74, 6) is 1.88. The number of carbonyl (C=O) groups is 5. The standard InChI is InChI=1S/C20H16BrN5O.C19H16N6O2.C18H14N6O2.C17H12BrN5O.C16H12N6O2/c1-23-19-16(13-7-4-5-11(9-22)17(13)21)14-10-24-26-20(14)25-18(19)12-6-2-3-8-15(12)27;1-20-18-15(12-3-2-4-14-17(12)25-27-24-14)13-9-21-23-19(13)22-16(18)10-5-7-11(26)8-6-10;1-19-17-14(10-5-2-6-12-15(10)24-26-23-12)11-8-20-22-18(11)21-16(17)9-4-3-7-13(9)25;1-9(24)6-13-16(20-2)14(12-8-21-23-17(12)22-13)11-5-3-4-10(7-19)15(11)18;1-8(23)6-12-15(17-2)13(10-7-18-20-16(10)19-12)9-4-3-5-11-14(9)22-24-21-11/h4-5,7,10,12,16H,2-3,6,8H2,(H2,24,25,26);2-4,9-10,15H,5-8H2,(H2,21,22,23);2,5-6,8-9,14H,3-4,7H2,(H2,20,21,22);3-5,8,14H,6H2,1H3,(H2,21,22,23);3-5,7,13H,6H2,1H3,(H2,18,19,20). The van der Waals surface area contributed by atoms with Crippen molar-refractivity contribution in [1.82, 2.24) is 81.9 Å². The zero-order chi connectivity index (χ0) is 89.0. The molecule has 3 fully saturated rings. The molecule has 38 heteroatoms. The normalized spacial score (nSPS) is 19.5. The molecule has 0 radical (unpaired) electrons. The van der Waals surface area contributed by atoms with Crippen LogP contribution in [0, 0.1) is 73.3 Å². The van der Waals surface area contributed by atoms with Gasteiger partial charge in [0.2, 0.25) is 0 Å². The summed E-state index contributed by atoms with van der Waals surface area (Å²) in [6.45, 7) is 41.8. The summed E-state index contributed by atoms with van der Waals surface area (Å²) in [7, 11) is 0. The van der Waals surface area contributed by atoms with Crippen molar-refractivity contribution in [2.24, 2.45) is 17.8 Å². The smallest absolute Gasteiger partial charge is 0.196 e. The Morgan fingerprint density at radius 3 is 1.07 bits per heavy atom. The highest BCUT2D eigenvalue weighted by atomic mass is 79.9. The van der Waals surface area contributed by atoms with E-state index in [2.05, 4.69) is 177 Å². The largest absolute Gasteiger partial charge is 0.354 e. The summed E-state index contributed by atoms with van der Waals surface area (Å²) in [5.41, 5.74) is 19.0. The van der Waals surface area contributed by atoms with Crippen LogP contribution >= 0.6 is 31.9 Å². The summed E-state index contributed by atoms with van der Waals surface area (Å²) < 4.78 is 16.0. The van der Waals surface area contributed by atoms with Crippen molar-refractivity contribution in [3.63, 3.8) is 0 Å². The van der Waals surface area contributed by atoms with Crippen molar-refractivity contribution in [2.75, 3.05) is 26.6 Å². The summed E-state index contributed by atoms with van der Waals surface area (Å²) >= 11 is 7.01. The topological polar surface area (TPSA) is 475 Å². The third kappa shape index (κ3) is 15.8. The maximum absolute atomic E-state index is 12.6. The molecule has 7 unspecified atom stereocenters. The molecule has 3 saturated carbocycles. The summed E-state index contributed by atoms with van der Waals surface area (Å²) in [4.78, 5) is 78.7. The number of hydrogen-bond donors (Lipinski definition) is 10. The Bertz CT molecular complexity index is 7180. The first-order valence-electron chi connectivity index (χ1n) is 40.6. The van der Waals surface area contributed by atoms with E-state index < -0.39 is 5.92 Å². The van der Waals surface area contributed by atoms with Gasteiger partial charge >= 0.3 is 0 Å². The van der Waals surface area contributed by atoms with E-state index in [-0.39, 0.29) is 77.4 Å². The van der Waals surface area contributed by atoms with E-state index in [1.807, 2.05) is 66.7 Å². The quantitative estimate of drug-likeness (QED) is 0.0508. The molecule has 5 aliphatic heterocycles. The fraction of sp³-hybridized carbons (Fsp3) is 0.256. The first-order chi connectivity index (χ1) is 62.4. The Hall–Kier alpha value is -16.2. The molecule has 632 valence electrons. The average Bonchev–Trinajstić information content (AvgIpc) is 1.57. The van der Waals surface area contributed by atoms with Gasteiger partial charge in [0, 0.05) is 116 Å². The van der Waals surface area contributed by atoms with E-state index in [4.69, 9.17) is 46.7 Å². The Balaban J connectivity index is 0.000000113. The number of benzene rings is 5. The molecule has 5 aromatic carbocycles. The molecular weight excluding hydrogens is 1760 g/mol. The maximum Gasteiger partial charge on any atom is 0.196 e. The van der Waals surface area contributed by atoms with Crippen molar-refractivity contribution in [1.29, 1.82) is 10.5 Å². The third-order valence-electron chi connectivity index (χ3n) is 23.8. The predicted octanol–water partition coefficient (Wildman–Crippen LogP) is 17.2. The highest BCUT2D eigenvalue weighted by Gasteiger charge is 2.44. The number of carbonyl (C=O) groups excluding carboxylic acids is 5. The monoisotopic (exact) mass is 1830 g/mol. The van der Waals surface area contributed by atoms with Gasteiger partial charge in [-0.05, 0) is 179 Å². The minimum atomic E-state index is -0.394. The molecule has 8 aliphatic rings. The molecule has 13 heterocycles. The zero-order valence-electron chi connectivity index (χ0n) is 67.9. The molecule has 128 heavy (non-hydrogen) atoms. The molecule has 3 aliphatic carbocycles. The van der Waals surface area contributed by atoms with E-state index in [1.165, 1.54) is 13.8 Å². The van der Waals surface area contributed by atoms with Gasteiger partial charge in [-0.1, -0.05) is 67.1 Å². The van der Waals surface area contributed by atoms with Crippen LogP contribution in [0.1, 0.15) is 194 Å². The van der Waals surface area contributed by atoms with Crippen LogP contribution in [0.15, 0.2) is 202 Å². The highest BCUT2D eigenvalue weighted by molar-refractivity contribution is 9.11. The molecule has 21 rings (SSSR count). The number of anilines is 5. The second kappa shape index (κ2) is 36.3. The third-order valence-corrected chi connectivity index (χ3v) is 25.6. The summed E-state index contributed by atoms with van der Waals surface area (Å²) in [6, 6.07) is 31.9.